The number of hydrogen-bond donors (Lipinski definition) is 3. The highest BCUT2D eigenvalue weighted by molar-refractivity contribution is 5.92. The van der Waals surface area contributed by atoms with E-state index in [1.165, 1.54) is 0 Å². The molecule has 3 N–H and O–H groups in total. The van der Waals surface area contributed by atoms with Gasteiger partial charge in [-0.15, -0.1) is 0 Å². The molecule has 0 aromatic heterocycles. The maximum Gasteiger partial charge on any atom is 0.238 e. The summed E-state index contributed by atoms with van der Waals surface area (Å²) in [4.78, 5) is 11.3. The smallest absolute Gasteiger partial charge is 0.238 e. The Labute approximate surface area is 99.8 Å². The minimum Gasteiger partial charge on any atom is -0.384 e. The van der Waals surface area contributed by atoms with Crippen molar-refractivity contribution < 1.29 is 4.79 Å². The maximum absolute atomic E-state index is 11.3. The van der Waals surface area contributed by atoms with Crippen LogP contribution in [-0.4, -0.2) is 19.0 Å². The first-order chi connectivity index (χ1) is 8.29. The maximum atomic E-state index is 11.3. The lowest BCUT2D eigenvalue weighted by atomic mass is 10.1. The van der Waals surface area contributed by atoms with E-state index in [-0.39, 0.29) is 12.3 Å². The van der Waals surface area contributed by atoms with Crippen LogP contribution in [0.15, 0.2) is 18.2 Å². The van der Waals surface area contributed by atoms with Gasteiger partial charge < -0.3 is 16.0 Å². The lowest BCUT2D eigenvalue weighted by molar-refractivity contribution is -0.115. The first-order valence-electron chi connectivity index (χ1n) is 5.54. The van der Waals surface area contributed by atoms with Gasteiger partial charge in [-0.05, 0) is 23.8 Å². The van der Waals surface area contributed by atoms with Crippen LogP contribution in [0.2, 0.25) is 0 Å². The van der Waals surface area contributed by atoms with Crippen molar-refractivity contribution in [3.63, 3.8) is 0 Å². The highest BCUT2D eigenvalue weighted by Crippen LogP contribution is 2.21. The number of benzene rings is 1. The Bertz CT molecular complexity index is 464. The van der Waals surface area contributed by atoms with E-state index in [0.717, 1.165) is 36.6 Å². The number of carbonyl (C=O) groups excluding carboxylic acids is 1. The van der Waals surface area contributed by atoms with E-state index in [0.29, 0.717) is 0 Å². The topological polar surface area (TPSA) is 77.0 Å². The molecule has 17 heavy (non-hydrogen) atoms. The van der Waals surface area contributed by atoms with Crippen molar-refractivity contribution in [3.05, 3.63) is 23.8 Å². The summed E-state index contributed by atoms with van der Waals surface area (Å²) in [5, 5.41) is 17.7. The first kappa shape index (κ1) is 11.4. The van der Waals surface area contributed by atoms with Crippen molar-refractivity contribution in [1.29, 1.82) is 5.26 Å². The Morgan fingerprint density at radius 2 is 2.35 bits per heavy atom. The number of nitrogens with zero attached hydrogens (tertiary/aromatic N) is 1. The van der Waals surface area contributed by atoms with Gasteiger partial charge in [-0.3, -0.25) is 4.79 Å². The van der Waals surface area contributed by atoms with E-state index >= 15 is 0 Å². The zero-order valence-corrected chi connectivity index (χ0v) is 9.42. The fourth-order valence-corrected chi connectivity index (χ4v) is 1.78. The number of hydrogen-bond acceptors (Lipinski definition) is 4. The molecule has 0 saturated carbocycles. The number of amides is 1. The Balaban J connectivity index is 2.13. The van der Waals surface area contributed by atoms with Gasteiger partial charge in [0.25, 0.3) is 0 Å². The van der Waals surface area contributed by atoms with Crippen LogP contribution in [0.4, 0.5) is 11.4 Å². The van der Waals surface area contributed by atoms with Gasteiger partial charge in [0.1, 0.15) is 6.42 Å². The third-order valence-electron chi connectivity index (χ3n) is 2.56. The molecular formula is C12H14N4O. The van der Waals surface area contributed by atoms with Crippen molar-refractivity contribution in [3.8, 4) is 6.07 Å². The lowest BCUT2D eigenvalue weighted by Crippen LogP contribution is -2.16. The number of fused-ring (bicyclic) bond motifs is 1. The molecule has 1 heterocycles. The summed E-state index contributed by atoms with van der Waals surface area (Å²) in [5.41, 5.74) is 2.94. The molecule has 1 aliphatic rings. The van der Waals surface area contributed by atoms with Gasteiger partial charge in [0.15, 0.2) is 0 Å². The molecular weight excluding hydrogens is 216 g/mol. The van der Waals surface area contributed by atoms with Gasteiger partial charge in [0.2, 0.25) is 5.91 Å². The molecule has 88 valence electrons. The van der Waals surface area contributed by atoms with Gasteiger partial charge in [-0.25, -0.2) is 0 Å². The zero-order valence-electron chi connectivity index (χ0n) is 9.42. The number of anilines is 2. The molecule has 1 amide bonds. The molecule has 0 spiro atoms. The number of nitriles is 1. The van der Waals surface area contributed by atoms with E-state index in [4.69, 9.17) is 5.26 Å². The average molecular weight is 230 g/mol. The molecule has 1 aromatic rings. The first-order valence-corrected chi connectivity index (χ1v) is 5.54. The van der Waals surface area contributed by atoms with E-state index in [2.05, 4.69) is 16.0 Å². The summed E-state index contributed by atoms with van der Waals surface area (Å²) < 4.78 is 0. The number of nitrogens with one attached hydrogen (secondary N) is 3. The standard InChI is InChI=1S/C12H14N4O/c13-4-3-12(17)16-10-1-2-11-9(7-10)8-14-5-6-15-11/h1-2,7,14-15H,3,5-6,8H2,(H,16,17). The molecule has 0 aliphatic carbocycles. The second-order valence-electron chi connectivity index (χ2n) is 3.86. The van der Waals surface area contributed by atoms with Crippen LogP contribution in [0, 0.1) is 11.3 Å². The number of carbonyl (C=O) groups is 1. The molecule has 2 rings (SSSR count). The van der Waals surface area contributed by atoms with E-state index in [1.807, 2.05) is 24.3 Å². The Morgan fingerprint density at radius 3 is 3.18 bits per heavy atom. The Morgan fingerprint density at radius 1 is 1.47 bits per heavy atom. The summed E-state index contributed by atoms with van der Waals surface area (Å²) in [5.74, 6) is -0.276. The van der Waals surface area contributed by atoms with Gasteiger partial charge in [-0.2, -0.15) is 5.26 Å². The molecule has 0 atom stereocenters. The van der Waals surface area contributed by atoms with E-state index < -0.39 is 0 Å². The number of rotatable bonds is 2. The highest BCUT2D eigenvalue weighted by Gasteiger charge is 2.08. The van der Waals surface area contributed by atoms with Gasteiger partial charge >= 0.3 is 0 Å². The van der Waals surface area contributed by atoms with Crippen LogP contribution in [0.3, 0.4) is 0 Å². The summed E-state index contributed by atoms with van der Waals surface area (Å²) in [6, 6.07) is 7.54. The van der Waals surface area contributed by atoms with Crippen LogP contribution >= 0.6 is 0 Å². The lowest BCUT2D eigenvalue weighted by Gasteiger charge is -2.10. The molecule has 5 nitrogen and oxygen atoms in total. The second kappa shape index (κ2) is 5.32. The molecule has 0 radical (unpaired) electrons. The SMILES string of the molecule is N#CCC(=O)Nc1ccc2c(c1)CNCCN2. The fourth-order valence-electron chi connectivity index (χ4n) is 1.78. The average Bonchev–Trinajstić information content (AvgIpc) is 2.53. The zero-order chi connectivity index (χ0) is 12.1. The van der Waals surface area contributed by atoms with E-state index in [9.17, 15) is 4.79 Å². The predicted octanol–water partition coefficient (Wildman–Crippen LogP) is 1.05. The quantitative estimate of drug-likeness (QED) is 0.709. The van der Waals surface area contributed by atoms with Crippen molar-refractivity contribution in [2.24, 2.45) is 0 Å². The van der Waals surface area contributed by atoms with Gasteiger partial charge in [0.05, 0.1) is 6.07 Å². The normalized spacial score (nSPS) is 13.8. The van der Waals surface area contributed by atoms with Crippen LogP contribution in [-0.2, 0) is 11.3 Å². The monoisotopic (exact) mass is 230 g/mol. The molecule has 1 aliphatic heterocycles. The minimum absolute atomic E-state index is 0.117. The Hall–Kier alpha value is -2.06. The van der Waals surface area contributed by atoms with E-state index in [1.54, 1.807) is 0 Å². The van der Waals surface area contributed by atoms with Crippen molar-refractivity contribution in [2.75, 3.05) is 23.7 Å². The largest absolute Gasteiger partial charge is 0.384 e. The molecule has 0 saturated heterocycles. The van der Waals surface area contributed by atoms with Gasteiger partial charge in [-0.1, -0.05) is 0 Å². The van der Waals surface area contributed by atoms with Crippen molar-refractivity contribution in [1.82, 2.24) is 5.32 Å². The molecule has 1 aromatic carbocycles. The summed E-state index contributed by atoms with van der Waals surface area (Å²) in [6.45, 7) is 2.60. The fraction of sp³-hybridized carbons (Fsp3) is 0.333. The summed E-state index contributed by atoms with van der Waals surface area (Å²) in [7, 11) is 0. The third-order valence-corrected chi connectivity index (χ3v) is 2.56. The van der Waals surface area contributed by atoms with Crippen molar-refractivity contribution in [2.45, 2.75) is 13.0 Å². The molecule has 0 fully saturated rings. The van der Waals surface area contributed by atoms with Crippen molar-refractivity contribution >= 4 is 17.3 Å². The molecule has 0 bridgehead atoms. The van der Waals surface area contributed by atoms with Crippen LogP contribution in [0.1, 0.15) is 12.0 Å². The summed E-state index contributed by atoms with van der Waals surface area (Å²) >= 11 is 0. The second-order valence-corrected chi connectivity index (χ2v) is 3.86. The van der Waals surface area contributed by atoms with Gasteiger partial charge in [0, 0.05) is 31.0 Å². The van der Waals surface area contributed by atoms with Crippen LogP contribution in [0.5, 0.6) is 0 Å². The minimum atomic E-state index is -0.276. The van der Waals surface area contributed by atoms with Crippen LogP contribution in [0.25, 0.3) is 0 Å². The third kappa shape index (κ3) is 2.95. The highest BCUT2D eigenvalue weighted by atomic mass is 16.1. The molecule has 5 heteroatoms. The predicted molar refractivity (Wildman–Crippen MR) is 65.5 cm³/mol. The molecule has 0 unspecified atom stereocenters. The van der Waals surface area contributed by atoms with Crippen LogP contribution < -0.4 is 16.0 Å². The summed E-state index contributed by atoms with van der Waals surface area (Å²) in [6.07, 6.45) is -0.117. The Kier molecular flexibility index (Phi) is 3.58.